The van der Waals surface area contributed by atoms with Crippen molar-refractivity contribution >= 4 is 34.2 Å². The van der Waals surface area contributed by atoms with E-state index in [1.807, 2.05) is 0 Å². The van der Waals surface area contributed by atoms with E-state index in [0.717, 1.165) is 21.5 Å². The van der Waals surface area contributed by atoms with Gasteiger partial charge in [-0.1, -0.05) is 32.4 Å². The van der Waals surface area contributed by atoms with Gasteiger partial charge in [0.25, 0.3) is 0 Å². The van der Waals surface area contributed by atoms with Crippen LogP contribution in [-0.4, -0.2) is 9.97 Å². The SMILES string of the molecule is CC(C)Cc1nc(C2(C)CC2)nc(Cl)c1I. The lowest BCUT2D eigenvalue weighted by Gasteiger charge is -2.13. The molecule has 0 spiro atoms. The first-order valence-electron chi connectivity index (χ1n) is 5.65. The minimum atomic E-state index is 0.194. The van der Waals surface area contributed by atoms with Crippen molar-refractivity contribution in [2.45, 2.75) is 45.4 Å². The molecule has 1 aliphatic carbocycles. The Balaban J connectivity index is 2.39. The molecule has 2 rings (SSSR count). The molecular weight excluding hydrogens is 335 g/mol. The molecule has 1 heterocycles. The van der Waals surface area contributed by atoms with Crippen LogP contribution < -0.4 is 0 Å². The maximum absolute atomic E-state index is 6.18. The van der Waals surface area contributed by atoms with Gasteiger partial charge in [0.2, 0.25) is 0 Å². The molecular formula is C12H16ClIN2. The molecule has 1 aliphatic rings. The van der Waals surface area contributed by atoms with Crippen LogP contribution in [0.3, 0.4) is 0 Å². The fourth-order valence-corrected chi connectivity index (χ4v) is 2.32. The van der Waals surface area contributed by atoms with Crippen molar-refractivity contribution in [3.8, 4) is 0 Å². The largest absolute Gasteiger partial charge is 0.236 e. The van der Waals surface area contributed by atoms with Crippen molar-refractivity contribution in [1.82, 2.24) is 9.97 Å². The van der Waals surface area contributed by atoms with Crippen LogP contribution in [0.1, 0.15) is 45.1 Å². The summed E-state index contributed by atoms with van der Waals surface area (Å²) >= 11 is 8.42. The molecule has 0 aromatic carbocycles. The van der Waals surface area contributed by atoms with Crippen molar-refractivity contribution in [3.05, 3.63) is 20.2 Å². The van der Waals surface area contributed by atoms with Crippen LogP contribution in [0.25, 0.3) is 0 Å². The van der Waals surface area contributed by atoms with E-state index < -0.39 is 0 Å². The van der Waals surface area contributed by atoms with E-state index in [1.165, 1.54) is 12.8 Å². The molecule has 2 nitrogen and oxygen atoms in total. The van der Waals surface area contributed by atoms with E-state index >= 15 is 0 Å². The smallest absolute Gasteiger partial charge is 0.146 e. The molecule has 1 fully saturated rings. The Morgan fingerprint density at radius 3 is 2.50 bits per heavy atom. The second kappa shape index (κ2) is 4.41. The van der Waals surface area contributed by atoms with Gasteiger partial charge in [0.05, 0.1) is 9.26 Å². The first-order valence-corrected chi connectivity index (χ1v) is 7.10. The van der Waals surface area contributed by atoms with E-state index in [9.17, 15) is 0 Å². The van der Waals surface area contributed by atoms with Crippen molar-refractivity contribution < 1.29 is 0 Å². The molecule has 0 aliphatic heterocycles. The topological polar surface area (TPSA) is 25.8 Å². The van der Waals surface area contributed by atoms with Gasteiger partial charge >= 0.3 is 0 Å². The Labute approximate surface area is 115 Å². The van der Waals surface area contributed by atoms with Gasteiger partial charge in [-0.05, 0) is 47.8 Å². The van der Waals surface area contributed by atoms with Crippen molar-refractivity contribution in [3.63, 3.8) is 0 Å². The Morgan fingerprint density at radius 2 is 2.00 bits per heavy atom. The van der Waals surface area contributed by atoms with E-state index in [4.69, 9.17) is 16.6 Å². The molecule has 1 saturated carbocycles. The van der Waals surface area contributed by atoms with E-state index in [-0.39, 0.29) is 5.41 Å². The van der Waals surface area contributed by atoms with Crippen molar-refractivity contribution in [2.75, 3.05) is 0 Å². The standard InChI is InChI=1S/C12H16ClIN2/c1-7(2)6-8-9(14)10(13)16-11(15-8)12(3)4-5-12/h7H,4-6H2,1-3H3. The van der Waals surface area contributed by atoms with Crippen molar-refractivity contribution in [2.24, 2.45) is 5.92 Å². The van der Waals surface area contributed by atoms with Crippen LogP contribution in [0.4, 0.5) is 0 Å². The summed E-state index contributed by atoms with van der Waals surface area (Å²) in [5.41, 5.74) is 1.30. The van der Waals surface area contributed by atoms with Gasteiger partial charge in [-0.25, -0.2) is 9.97 Å². The molecule has 0 N–H and O–H groups in total. The van der Waals surface area contributed by atoms with Gasteiger partial charge < -0.3 is 0 Å². The summed E-state index contributed by atoms with van der Waals surface area (Å²) in [6.07, 6.45) is 3.35. The third kappa shape index (κ3) is 2.50. The Morgan fingerprint density at radius 1 is 1.38 bits per heavy atom. The van der Waals surface area contributed by atoms with Crippen LogP contribution >= 0.6 is 34.2 Å². The molecule has 0 radical (unpaired) electrons. The van der Waals surface area contributed by atoms with Crippen LogP contribution in [-0.2, 0) is 11.8 Å². The molecule has 0 atom stereocenters. The summed E-state index contributed by atoms with van der Waals surface area (Å²) in [6, 6.07) is 0. The lowest BCUT2D eigenvalue weighted by molar-refractivity contribution is 0.616. The zero-order chi connectivity index (χ0) is 11.9. The maximum atomic E-state index is 6.18. The lowest BCUT2D eigenvalue weighted by Crippen LogP contribution is -2.12. The number of hydrogen-bond acceptors (Lipinski definition) is 2. The third-order valence-corrected chi connectivity index (χ3v) is 4.75. The van der Waals surface area contributed by atoms with E-state index in [2.05, 4.69) is 48.3 Å². The molecule has 16 heavy (non-hydrogen) atoms. The molecule has 1 aromatic rings. The highest BCUT2D eigenvalue weighted by atomic mass is 127. The number of rotatable bonds is 3. The van der Waals surface area contributed by atoms with Gasteiger partial charge in [0.1, 0.15) is 11.0 Å². The summed E-state index contributed by atoms with van der Waals surface area (Å²) in [5.74, 6) is 1.54. The van der Waals surface area contributed by atoms with Gasteiger partial charge in [-0.15, -0.1) is 0 Å². The molecule has 88 valence electrons. The summed E-state index contributed by atoms with van der Waals surface area (Å²) < 4.78 is 1.01. The fraction of sp³-hybridized carbons (Fsp3) is 0.667. The first-order chi connectivity index (χ1) is 7.42. The van der Waals surface area contributed by atoms with Gasteiger partial charge in [-0.2, -0.15) is 0 Å². The van der Waals surface area contributed by atoms with E-state index in [1.54, 1.807) is 0 Å². The molecule has 0 bridgehead atoms. The Hall–Kier alpha value is 0.100. The molecule has 0 saturated heterocycles. The second-order valence-corrected chi connectivity index (χ2v) is 6.69. The summed E-state index contributed by atoms with van der Waals surface area (Å²) in [4.78, 5) is 9.13. The monoisotopic (exact) mass is 350 g/mol. The van der Waals surface area contributed by atoms with Gasteiger partial charge in [-0.3, -0.25) is 0 Å². The average Bonchev–Trinajstić information content (AvgIpc) is 2.92. The number of halogens is 2. The first kappa shape index (κ1) is 12.6. The zero-order valence-corrected chi connectivity index (χ0v) is 12.8. The predicted octanol–water partition coefficient (Wildman–Crippen LogP) is 3.98. The summed E-state index contributed by atoms with van der Waals surface area (Å²) in [7, 11) is 0. The Bertz CT molecular complexity index is 414. The summed E-state index contributed by atoms with van der Waals surface area (Å²) in [5, 5.41) is 0.620. The fourth-order valence-electron chi connectivity index (χ4n) is 1.67. The highest BCUT2D eigenvalue weighted by molar-refractivity contribution is 14.1. The highest BCUT2D eigenvalue weighted by Gasteiger charge is 2.42. The third-order valence-electron chi connectivity index (χ3n) is 3.02. The average molecular weight is 351 g/mol. The minimum absolute atomic E-state index is 0.194. The number of aromatic nitrogens is 2. The predicted molar refractivity (Wildman–Crippen MR) is 74.9 cm³/mol. The quantitative estimate of drug-likeness (QED) is 0.608. The Kier molecular flexibility index (Phi) is 3.46. The van der Waals surface area contributed by atoms with Crippen LogP contribution in [0.15, 0.2) is 0 Å². The van der Waals surface area contributed by atoms with E-state index in [0.29, 0.717) is 11.1 Å². The lowest BCUT2D eigenvalue weighted by atomic mass is 10.1. The summed E-state index contributed by atoms with van der Waals surface area (Å²) in [6.45, 7) is 6.61. The molecule has 4 heteroatoms. The van der Waals surface area contributed by atoms with Gasteiger partial charge in [0.15, 0.2) is 0 Å². The second-order valence-electron chi connectivity index (χ2n) is 5.26. The molecule has 0 unspecified atom stereocenters. The van der Waals surface area contributed by atoms with Crippen LogP contribution in [0, 0.1) is 9.49 Å². The van der Waals surface area contributed by atoms with Crippen molar-refractivity contribution in [1.29, 1.82) is 0 Å². The number of nitrogens with zero attached hydrogens (tertiary/aromatic N) is 2. The number of hydrogen-bond donors (Lipinski definition) is 0. The normalized spacial score (nSPS) is 17.9. The highest BCUT2D eigenvalue weighted by Crippen LogP contribution is 2.46. The van der Waals surface area contributed by atoms with Crippen LogP contribution in [0.5, 0.6) is 0 Å². The minimum Gasteiger partial charge on any atom is -0.236 e. The molecule has 0 amide bonds. The zero-order valence-electron chi connectivity index (χ0n) is 9.85. The van der Waals surface area contributed by atoms with Gasteiger partial charge in [0, 0.05) is 5.41 Å². The van der Waals surface area contributed by atoms with Crippen LogP contribution in [0.2, 0.25) is 5.15 Å². The molecule has 1 aromatic heterocycles. The maximum Gasteiger partial charge on any atom is 0.146 e.